The molecule has 0 radical (unpaired) electrons. The summed E-state index contributed by atoms with van der Waals surface area (Å²) in [6.07, 6.45) is 2.55. The Balaban J connectivity index is 1.44. The minimum Gasteiger partial charge on any atom is -0.497 e. The van der Waals surface area contributed by atoms with Crippen molar-refractivity contribution in [3.8, 4) is 10.9 Å². The third-order valence-electron chi connectivity index (χ3n) is 5.37. The molecule has 2 heterocycles. The molecule has 0 saturated carbocycles. The highest BCUT2D eigenvalue weighted by Crippen LogP contribution is 2.33. The van der Waals surface area contributed by atoms with Crippen molar-refractivity contribution in [2.45, 2.75) is 24.2 Å². The molecule has 0 spiro atoms. The number of hydrogen-bond acceptors (Lipinski definition) is 7. The van der Waals surface area contributed by atoms with Gasteiger partial charge in [-0.15, -0.1) is 0 Å². The predicted octanol–water partition coefficient (Wildman–Crippen LogP) is 3.39. The Labute approximate surface area is 188 Å². The van der Waals surface area contributed by atoms with Gasteiger partial charge in [0.1, 0.15) is 17.3 Å². The van der Waals surface area contributed by atoms with Gasteiger partial charge < -0.3 is 10.1 Å². The molecular formula is C22H20N4O4S2. The Morgan fingerprint density at radius 1 is 1.16 bits per heavy atom. The summed E-state index contributed by atoms with van der Waals surface area (Å²) >= 11 is 1.47. The van der Waals surface area contributed by atoms with Crippen molar-refractivity contribution in [2.75, 3.05) is 18.2 Å². The van der Waals surface area contributed by atoms with E-state index in [0.29, 0.717) is 16.7 Å². The molecule has 2 aromatic heterocycles. The van der Waals surface area contributed by atoms with Crippen molar-refractivity contribution in [3.05, 3.63) is 59.8 Å². The number of para-hydroxylation sites is 1. The second kappa shape index (κ2) is 8.03. The molecule has 10 heteroatoms. The van der Waals surface area contributed by atoms with E-state index in [1.54, 1.807) is 16.8 Å². The number of aryl methyl sites for hydroxylation is 1. The van der Waals surface area contributed by atoms with Crippen molar-refractivity contribution in [2.24, 2.45) is 0 Å². The van der Waals surface area contributed by atoms with E-state index in [1.807, 2.05) is 24.3 Å². The number of anilines is 1. The van der Waals surface area contributed by atoms with Crippen LogP contribution in [0.15, 0.2) is 53.4 Å². The van der Waals surface area contributed by atoms with Crippen LogP contribution < -0.4 is 10.1 Å². The van der Waals surface area contributed by atoms with Crippen LogP contribution in [0.1, 0.15) is 17.7 Å². The van der Waals surface area contributed by atoms with Crippen LogP contribution in [0.3, 0.4) is 0 Å². The number of amides is 1. The summed E-state index contributed by atoms with van der Waals surface area (Å²) in [6.45, 7) is 0. The minimum atomic E-state index is -3.81. The van der Waals surface area contributed by atoms with Crippen molar-refractivity contribution in [1.82, 2.24) is 14.8 Å². The summed E-state index contributed by atoms with van der Waals surface area (Å²) in [6, 6.07) is 13.7. The summed E-state index contributed by atoms with van der Waals surface area (Å²) in [7, 11) is -2.31. The average molecular weight is 469 g/mol. The highest BCUT2D eigenvalue weighted by Gasteiger charge is 2.27. The van der Waals surface area contributed by atoms with Gasteiger partial charge in [0.2, 0.25) is 11.0 Å². The van der Waals surface area contributed by atoms with E-state index in [4.69, 9.17) is 4.74 Å². The molecule has 1 aliphatic carbocycles. The van der Waals surface area contributed by atoms with Crippen molar-refractivity contribution >= 4 is 43.1 Å². The van der Waals surface area contributed by atoms with Gasteiger partial charge in [0, 0.05) is 5.56 Å². The second-order valence-corrected chi connectivity index (χ2v) is 10.5. The Bertz CT molecular complexity index is 1390. The lowest BCUT2D eigenvalue weighted by Gasteiger charge is -2.10. The Morgan fingerprint density at radius 3 is 2.69 bits per heavy atom. The van der Waals surface area contributed by atoms with Crippen LogP contribution in [0.25, 0.3) is 15.3 Å². The maximum atomic E-state index is 12.8. The molecule has 0 bridgehead atoms. The summed E-state index contributed by atoms with van der Waals surface area (Å²) in [5, 5.41) is 8.11. The number of benzene rings is 2. The van der Waals surface area contributed by atoms with Crippen molar-refractivity contribution in [1.29, 1.82) is 0 Å². The van der Waals surface area contributed by atoms with Gasteiger partial charge in [-0.25, -0.2) is 13.4 Å². The third-order valence-corrected chi connectivity index (χ3v) is 8.01. The lowest BCUT2D eigenvalue weighted by atomic mass is 10.2. The molecule has 32 heavy (non-hydrogen) atoms. The first-order chi connectivity index (χ1) is 15.4. The number of carbonyl (C=O) groups is 1. The molecule has 1 aliphatic rings. The number of methoxy groups -OCH3 is 1. The van der Waals surface area contributed by atoms with Crippen LogP contribution in [0.4, 0.5) is 5.82 Å². The maximum absolute atomic E-state index is 12.8. The molecule has 1 N–H and O–H groups in total. The molecule has 0 unspecified atom stereocenters. The number of hydrogen-bond donors (Lipinski definition) is 1. The molecule has 5 rings (SSSR count). The molecule has 8 nitrogen and oxygen atoms in total. The average Bonchev–Trinajstić information content (AvgIpc) is 3.48. The number of nitrogens with zero attached hydrogens (tertiary/aromatic N) is 3. The van der Waals surface area contributed by atoms with Gasteiger partial charge in [-0.05, 0) is 55.7 Å². The molecule has 1 amide bonds. The molecule has 2 aromatic carbocycles. The van der Waals surface area contributed by atoms with Crippen LogP contribution >= 0.6 is 11.3 Å². The van der Waals surface area contributed by atoms with E-state index in [9.17, 15) is 13.2 Å². The number of nitrogens with one attached hydrogen (secondary N) is 1. The van der Waals surface area contributed by atoms with Gasteiger partial charge in [0.05, 0.1) is 27.9 Å². The lowest BCUT2D eigenvalue weighted by molar-refractivity contribution is -0.113. The second-order valence-electron chi connectivity index (χ2n) is 7.49. The highest BCUT2D eigenvalue weighted by atomic mass is 32.2. The van der Waals surface area contributed by atoms with Crippen molar-refractivity contribution < 1.29 is 17.9 Å². The summed E-state index contributed by atoms with van der Waals surface area (Å²) < 4.78 is 33.2. The van der Waals surface area contributed by atoms with Crippen LogP contribution in [-0.4, -0.2) is 42.0 Å². The summed E-state index contributed by atoms with van der Waals surface area (Å²) in [5.41, 5.74) is 2.71. The molecule has 164 valence electrons. The number of fused-ring (bicyclic) bond motifs is 2. The molecule has 0 fully saturated rings. The number of sulfone groups is 1. The van der Waals surface area contributed by atoms with Gasteiger partial charge in [0.15, 0.2) is 9.84 Å². The Hall–Kier alpha value is -3.24. The fourth-order valence-corrected chi connectivity index (χ4v) is 5.88. The number of thiazole rings is 1. The number of ether oxygens (including phenoxy) is 1. The first-order valence-corrected chi connectivity index (χ1v) is 12.5. The van der Waals surface area contributed by atoms with E-state index in [1.165, 1.54) is 30.6 Å². The predicted molar refractivity (Wildman–Crippen MR) is 122 cm³/mol. The normalized spacial score (nSPS) is 13.3. The molecule has 0 saturated heterocycles. The molecule has 0 atom stereocenters. The largest absolute Gasteiger partial charge is 0.497 e. The zero-order valence-corrected chi connectivity index (χ0v) is 18.9. The quantitative estimate of drug-likeness (QED) is 0.465. The van der Waals surface area contributed by atoms with Gasteiger partial charge in [0.25, 0.3) is 0 Å². The Morgan fingerprint density at radius 2 is 1.94 bits per heavy atom. The van der Waals surface area contributed by atoms with Crippen LogP contribution in [-0.2, 0) is 27.5 Å². The topological polar surface area (TPSA) is 103 Å². The van der Waals surface area contributed by atoms with Gasteiger partial charge >= 0.3 is 0 Å². The molecule has 4 aromatic rings. The fraction of sp³-hybridized carbons (Fsp3) is 0.227. The monoisotopic (exact) mass is 468 g/mol. The maximum Gasteiger partial charge on any atom is 0.241 e. The van der Waals surface area contributed by atoms with Gasteiger partial charge in [-0.3, -0.25) is 4.79 Å². The van der Waals surface area contributed by atoms with E-state index in [0.717, 1.165) is 40.7 Å². The van der Waals surface area contributed by atoms with Gasteiger partial charge in [-0.2, -0.15) is 9.78 Å². The van der Waals surface area contributed by atoms with Crippen molar-refractivity contribution in [3.63, 3.8) is 0 Å². The number of rotatable bonds is 6. The van der Waals surface area contributed by atoms with Crippen LogP contribution in [0.2, 0.25) is 0 Å². The molecular weight excluding hydrogens is 448 g/mol. The highest BCUT2D eigenvalue weighted by molar-refractivity contribution is 7.92. The van der Waals surface area contributed by atoms with E-state index >= 15 is 0 Å². The smallest absolute Gasteiger partial charge is 0.241 e. The van der Waals surface area contributed by atoms with E-state index < -0.39 is 21.5 Å². The summed E-state index contributed by atoms with van der Waals surface area (Å²) in [4.78, 5) is 17.5. The van der Waals surface area contributed by atoms with E-state index in [2.05, 4.69) is 15.4 Å². The lowest BCUT2D eigenvalue weighted by Crippen LogP contribution is -2.24. The van der Waals surface area contributed by atoms with Crippen LogP contribution in [0.5, 0.6) is 5.75 Å². The SMILES string of the molecule is COc1ccc(S(=O)(=O)CC(=O)Nc2c3c(nn2-c2nc4ccccc4s2)CCC3)cc1. The standard InChI is InChI=1S/C22H20N4O4S2/c1-30-14-9-11-15(12-10-14)32(28,29)13-20(27)24-21-16-5-4-7-17(16)25-26(21)22-23-18-6-2-3-8-19(18)31-22/h2-3,6,8-12H,4-5,7,13H2,1H3,(H,24,27). The zero-order chi connectivity index (χ0) is 22.3. The minimum absolute atomic E-state index is 0.0679. The van der Waals surface area contributed by atoms with Gasteiger partial charge in [-0.1, -0.05) is 23.5 Å². The Kier molecular flexibility index (Phi) is 5.18. The first kappa shape index (κ1) is 20.7. The zero-order valence-electron chi connectivity index (χ0n) is 17.2. The summed E-state index contributed by atoms with van der Waals surface area (Å²) in [5.74, 6) is -0.230. The first-order valence-electron chi connectivity index (χ1n) is 10.1. The number of carbonyl (C=O) groups excluding carboxylic acids is 1. The third kappa shape index (κ3) is 3.76. The fourth-order valence-electron chi connectivity index (χ4n) is 3.82. The number of aromatic nitrogens is 3. The van der Waals surface area contributed by atoms with Crippen LogP contribution in [0, 0.1) is 0 Å². The van der Waals surface area contributed by atoms with E-state index in [-0.39, 0.29) is 4.90 Å². The molecule has 0 aliphatic heterocycles.